The average molecular weight is 348 g/mol. The van der Waals surface area contributed by atoms with Crippen molar-refractivity contribution in [2.75, 3.05) is 11.9 Å². The Kier molecular flexibility index (Phi) is 4.27. The molecule has 0 unspecified atom stereocenters. The summed E-state index contributed by atoms with van der Waals surface area (Å²) in [5, 5.41) is 3.15. The first-order valence-corrected chi connectivity index (χ1v) is 8.82. The fraction of sp³-hybridized carbons (Fsp3) is 0.333. The first-order chi connectivity index (χ1) is 11.0. The second-order valence-electron chi connectivity index (χ2n) is 5.24. The summed E-state index contributed by atoms with van der Waals surface area (Å²) in [5.41, 5.74) is 0.845. The van der Waals surface area contributed by atoms with Crippen LogP contribution < -0.4 is 10.5 Å². The number of aryl methyl sites for hydroxylation is 3. The fourth-order valence-electron chi connectivity index (χ4n) is 2.30. The third-order valence-corrected chi connectivity index (χ3v) is 5.69. The number of fused-ring (bicyclic) bond motifs is 1. The van der Waals surface area contributed by atoms with Gasteiger partial charge in [0.25, 0.3) is 5.56 Å². The summed E-state index contributed by atoms with van der Waals surface area (Å²) in [7, 11) is 1.70. The van der Waals surface area contributed by atoms with Crippen molar-refractivity contribution >= 4 is 43.9 Å². The second kappa shape index (κ2) is 6.21. The topological polar surface area (TPSA) is 79.0 Å². The number of carbonyl (C=O) groups excluding carboxylic acids is 1. The molecule has 0 aliphatic carbocycles. The molecule has 8 heteroatoms. The lowest BCUT2D eigenvalue weighted by Gasteiger charge is -2.13. The van der Waals surface area contributed by atoms with Gasteiger partial charge in [-0.25, -0.2) is 9.97 Å². The van der Waals surface area contributed by atoms with Crippen LogP contribution in [0.1, 0.15) is 22.7 Å². The van der Waals surface area contributed by atoms with Crippen molar-refractivity contribution in [3.8, 4) is 0 Å². The SMILES string of the molecule is Cc1sc2nc(CCC(=O)N(C)c3nccs3)[nH]c(=O)c2c1C. The van der Waals surface area contributed by atoms with Crippen LogP contribution in [0.5, 0.6) is 0 Å². The van der Waals surface area contributed by atoms with E-state index in [9.17, 15) is 9.59 Å². The number of anilines is 1. The van der Waals surface area contributed by atoms with Crippen molar-refractivity contribution in [3.05, 3.63) is 38.2 Å². The zero-order valence-corrected chi connectivity index (χ0v) is 14.7. The molecule has 0 spiro atoms. The molecule has 0 atom stereocenters. The normalized spacial score (nSPS) is 11.1. The van der Waals surface area contributed by atoms with Gasteiger partial charge in [0.15, 0.2) is 5.13 Å². The highest BCUT2D eigenvalue weighted by molar-refractivity contribution is 7.18. The zero-order valence-electron chi connectivity index (χ0n) is 13.0. The molecule has 0 fully saturated rings. The Morgan fingerprint density at radius 2 is 2.17 bits per heavy atom. The first-order valence-electron chi connectivity index (χ1n) is 7.12. The largest absolute Gasteiger partial charge is 0.310 e. The summed E-state index contributed by atoms with van der Waals surface area (Å²) in [6.07, 6.45) is 2.34. The van der Waals surface area contributed by atoms with E-state index in [2.05, 4.69) is 15.0 Å². The van der Waals surface area contributed by atoms with Gasteiger partial charge < -0.3 is 4.98 Å². The molecular formula is C15H16N4O2S2. The number of H-pyrrole nitrogens is 1. The molecule has 23 heavy (non-hydrogen) atoms. The van der Waals surface area contributed by atoms with E-state index in [4.69, 9.17) is 0 Å². The smallest absolute Gasteiger partial charge is 0.259 e. The third kappa shape index (κ3) is 3.04. The maximum absolute atomic E-state index is 12.2. The summed E-state index contributed by atoms with van der Waals surface area (Å²) in [6, 6.07) is 0. The summed E-state index contributed by atoms with van der Waals surface area (Å²) in [4.78, 5) is 39.2. The van der Waals surface area contributed by atoms with Crippen molar-refractivity contribution < 1.29 is 4.79 Å². The van der Waals surface area contributed by atoms with Gasteiger partial charge in [-0.15, -0.1) is 22.7 Å². The predicted molar refractivity (Wildman–Crippen MR) is 93.6 cm³/mol. The van der Waals surface area contributed by atoms with Gasteiger partial charge >= 0.3 is 0 Å². The summed E-state index contributed by atoms with van der Waals surface area (Å²) in [6.45, 7) is 3.91. The van der Waals surface area contributed by atoms with Gasteiger partial charge in [-0.1, -0.05) is 0 Å². The number of nitrogens with one attached hydrogen (secondary N) is 1. The Hall–Kier alpha value is -2.06. The molecule has 3 aromatic rings. The van der Waals surface area contributed by atoms with Crippen LogP contribution in [0.2, 0.25) is 0 Å². The Labute approximate surface area is 140 Å². The van der Waals surface area contributed by atoms with E-state index < -0.39 is 0 Å². The van der Waals surface area contributed by atoms with Crippen LogP contribution in [0.3, 0.4) is 0 Å². The number of rotatable bonds is 4. The van der Waals surface area contributed by atoms with Crippen LogP contribution in [0.4, 0.5) is 5.13 Å². The molecule has 3 aromatic heterocycles. The Bertz CT molecular complexity index is 912. The van der Waals surface area contributed by atoms with Gasteiger partial charge in [0.1, 0.15) is 10.7 Å². The molecule has 3 rings (SSSR count). The molecule has 1 N–H and O–H groups in total. The molecule has 0 saturated heterocycles. The molecule has 0 aliphatic heterocycles. The standard InChI is InChI=1S/C15H16N4O2S2/c1-8-9(2)23-14-12(8)13(21)17-10(18-14)4-5-11(20)19(3)15-16-6-7-22-15/h6-7H,4-5H2,1-3H3,(H,17,18,21). The van der Waals surface area contributed by atoms with Gasteiger partial charge in [0.05, 0.1) is 5.39 Å². The van der Waals surface area contributed by atoms with E-state index in [0.717, 1.165) is 15.3 Å². The van der Waals surface area contributed by atoms with Gasteiger partial charge in [0, 0.05) is 36.3 Å². The van der Waals surface area contributed by atoms with Gasteiger partial charge in [-0.05, 0) is 19.4 Å². The maximum atomic E-state index is 12.2. The van der Waals surface area contributed by atoms with E-state index in [1.54, 1.807) is 13.2 Å². The van der Waals surface area contributed by atoms with Crippen LogP contribution in [0.25, 0.3) is 10.2 Å². The Morgan fingerprint density at radius 3 is 2.87 bits per heavy atom. The maximum Gasteiger partial charge on any atom is 0.259 e. The lowest BCUT2D eigenvalue weighted by Crippen LogP contribution is -2.26. The van der Waals surface area contributed by atoms with Crippen LogP contribution in [0.15, 0.2) is 16.4 Å². The van der Waals surface area contributed by atoms with Crippen molar-refractivity contribution in [2.24, 2.45) is 0 Å². The lowest BCUT2D eigenvalue weighted by atomic mass is 10.2. The molecule has 0 aromatic carbocycles. The molecule has 0 saturated carbocycles. The minimum Gasteiger partial charge on any atom is -0.310 e. The van der Waals surface area contributed by atoms with Crippen LogP contribution >= 0.6 is 22.7 Å². The molecule has 3 heterocycles. The van der Waals surface area contributed by atoms with Gasteiger partial charge in [-0.2, -0.15) is 0 Å². The lowest BCUT2D eigenvalue weighted by molar-refractivity contribution is -0.118. The van der Waals surface area contributed by atoms with E-state index in [1.165, 1.54) is 27.6 Å². The number of thiophene rings is 1. The van der Waals surface area contributed by atoms with E-state index in [0.29, 0.717) is 22.8 Å². The number of thiazole rings is 1. The van der Waals surface area contributed by atoms with E-state index in [-0.39, 0.29) is 17.9 Å². The summed E-state index contributed by atoms with van der Waals surface area (Å²) in [5.74, 6) is 0.492. The molecule has 0 radical (unpaired) electrons. The quantitative estimate of drug-likeness (QED) is 0.786. The average Bonchev–Trinajstić information content (AvgIpc) is 3.13. The summed E-state index contributed by atoms with van der Waals surface area (Å²) >= 11 is 2.92. The number of carbonyl (C=O) groups is 1. The molecular weight excluding hydrogens is 332 g/mol. The monoisotopic (exact) mass is 348 g/mol. The van der Waals surface area contributed by atoms with E-state index in [1.807, 2.05) is 19.2 Å². The summed E-state index contributed by atoms with van der Waals surface area (Å²) < 4.78 is 0. The van der Waals surface area contributed by atoms with Crippen LogP contribution in [0, 0.1) is 13.8 Å². The van der Waals surface area contributed by atoms with Crippen molar-refractivity contribution in [2.45, 2.75) is 26.7 Å². The third-order valence-electron chi connectivity index (χ3n) is 3.74. The second-order valence-corrected chi connectivity index (χ2v) is 7.32. The number of nitrogens with zero attached hydrogens (tertiary/aromatic N) is 3. The number of amides is 1. The van der Waals surface area contributed by atoms with Crippen LogP contribution in [-0.2, 0) is 11.2 Å². The Balaban J connectivity index is 1.77. The number of hydrogen-bond acceptors (Lipinski definition) is 6. The van der Waals surface area contributed by atoms with Crippen molar-refractivity contribution in [1.82, 2.24) is 15.0 Å². The molecule has 1 amide bonds. The number of aromatic nitrogens is 3. The minimum atomic E-state index is -0.132. The first kappa shape index (κ1) is 15.8. The highest BCUT2D eigenvalue weighted by Gasteiger charge is 2.15. The van der Waals surface area contributed by atoms with Gasteiger partial charge in [0.2, 0.25) is 5.91 Å². The molecule has 120 valence electrons. The fourth-order valence-corrected chi connectivity index (χ4v) is 3.97. The van der Waals surface area contributed by atoms with Crippen molar-refractivity contribution in [3.63, 3.8) is 0 Å². The zero-order chi connectivity index (χ0) is 16.6. The highest BCUT2D eigenvalue weighted by Crippen LogP contribution is 2.25. The van der Waals surface area contributed by atoms with Crippen molar-refractivity contribution in [1.29, 1.82) is 0 Å². The highest BCUT2D eigenvalue weighted by atomic mass is 32.1. The van der Waals surface area contributed by atoms with Crippen LogP contribution in [-0.4, -0.2) is 27.9 Å². The predicted octanol–water partition coefficient (Wildman–Crippen LogP) is 2.65. The molecule has 0 aliphatic rings. The number of hydrogen-bond donors (Lipinski definition) is 1. The molecule has 0 bridgehead atoms. The minimum absolute atomic E-state index is 0.0544. The van der Waals surface area contributed by atoms with Gasteiger partial charge in [-0.3, -0.25) is 14.5 Å². The Morgan fingerprint density at radius 1 is 1.39 bits per heavy atom. The number of aromatic amines is 1. The van der Waals surface area contributed by atoms with E-state index >= 15 is 0 Å². The molecule has 6 nitrogen and oxygen atoms in total.